The molecule has 0 unspecified atom stereocenters. The Labute approximate surface area is 177 Å². The number of alkyl halides is 3. The summed E-state index contributed by atoms with van der Waals surface area (Å²) in [5, 5.41) is 8.21. The molecule has 11 heteroatoms. The van der Waals surface area contributed by atoms with Crippen LogP contribution in [0, 0.1) is 0 Å². The molecule has 1 aliphatic rings. The number of benzene rings is 1. The highest BCUT2D eigenvalue weighted by Crippen LogP contribution is 2.34. The van der Waals surface area contributed by atoms with Crippen LogP contribution in [-0.4, -0.2) is 33.7 Å². The lowest BCUT2D eigenvalue weighted by molar-refractivity contribution is -0.142. The lowest BCUT2D eigenvalue weighted by atomic mass is 10.2. The van der Waals surface area contributed by atoms with Gasteiger partial charge in [0.25, 0.3) is 5.91 Å². The van der Waals surface area contributed by atoms with Gasteiger partial charge in [-0.25, -0.2) is 9.50 Å². The van der Waals surface area contributed by atoms with E-state index in [1.165, 1.54) is 17.4 Å². The van der Waals surface area contributed by atoms with Crippen molar-refractivity contribution in [3.63, 3.8) is 0 Å². The van der Waals surface area contributed by atoms with Crippen molar-refractivity contribution in [1.29, 1.82) is 0 Å². The van der Waals surface area contributed by atoms with Gasteiger partial charge < -0.3 is 14.8 Å². The Morgan fingerprint density at radius 1 is 1.10 bits per heavy atom. The average Bonchev–Trinajstić information content (AvgIpc) is 3.42. The van der Waals surface area contributed by atoms with Crippen LogP contribution in [0.4, 0.5) is 18.9 Å². The Balaban J connectivity index is 1.51. The zero-order valence-electron chi connectivity index (χ0n) is 15.6. The van der Waals surface area contributed by atoms with E-state index in [1.807, 2.05) is 0 Å². The maximum absolute atomic E-state index is 13.6. The summed E-state index contributed by atoms with van der Waals surface area (Å²) in [7, 11) is 0. The lowest BCUT2D eigenvalue weighted by Gasteiger charge is -2.18. The number of carbonyl (C=O) groups excluding carboxylic acids is 1. The molecule has 0 fully saturated rings. The van der Waals surface area contributed by atoms with Gasteiger partial charge in [0.1, 0.15) is 13.2 Å². The summed E-state index contributed by atoms with van der Waals surface area (Å²) in [6.45, 7) is 0.817. The largest absolute Gasteiger partial charge is 0.486 e. The van der Waals surface area contributed by atoms with Gasteiger partial charge in [0.15, 0.2) is 28.5 Å². The van der Waals surface area contributed by atoms with Crippen LogP contribution in [0.1, 0.15) is 16.2 Å². The van der Waals surface area contributed by atoms with Crippen molar-refractivity contribution in [2.24, 2.45) is 0 Å². The molecule has 5 rings (SSSR count). The number of rotatable bonds is 3. The highest BCUT2D eigenvalue weighted by atomic mass is 32.1. The van der Waals surface area contributed by atoms with E-state index in [4.69, 9.17) is 9.47 Å². The molecule has 4 heterocycles. The van der Waals surface area contributed by atoms with Gasteiger partial charge in [-0.2, -0.15) is 18.3 Å². The Morgan fingerprint density at radius 2 is 1.90 bits per heavy atom. The molecule has 1 aromatic carbocycles. The highest BCUT2D eigenvalue weighted by Gasteiger charge is 2.35. The molecule has 4 aromatic rings. The molecule has 7 nitrogen and oxygen atoms in total. The summed E-state index contributed by atoms with van der Waals surface area (Å²) in [6, 6.07) is 10.4. The normalized spacial score (nSPS) is 13.4. The van der Waals surface area contributed by atoms with Gasteiger partial charge in [-0.05, 0) is 29.6 Å². The van der Waals surface area contributed by atoms with Crippen molar-refractivity contribution in [2.45, 2.75) is 6.18 Å². The number of aromatic nitrogens is 3. The molecule has 0 saturated heterocycles. The first-order valence-electron chi connectivity index (χ1n) is 9.11. The van der Waals surface area contributed by atoms with Gasteiger partial charge in [-0.15, -0.1) is 11.3 Å². The number of amides is 1. The van der Waals surface area contributed by atoms with Crippen molar-refractivity contribution in [3.05, 3.63) is 59.2 Å². The van der Waals surface area contributed by atoms with Gasteiger partial charge in [0.05, 0.1) is 10.6 Å². The third kappa shape index (κ3) is 3.67. The standard InChI is InChI=1S/C20H13F3N4O3S/c21-20(22,23)17-9-12(16-2-1-7-31-16)25-18-10-13(26-27(17)18)19(28)24-11-3-4-14-15(8-11)30-6-5-29-14/h1-4,7-10H,5-6H2,(H,24,28). The Morgan fingerprint density at radius 3 is 2.65 bits per heavy atom. The Kier molecular flexibility index (Phi) is 4.54. The van der Waals surface area contributed by atoms with E-state index in [9.17, 15) is 18.0 Å². The average molecular weight is 446 g/mol. The van der Waals surface area contributed by atoms with Crippen molar-refractivity contribution in [2.75, 3.05) is 18.5 Å². The molecule has 1 amide bonds. The van der Waals surface area contributed by atoms with Crippen LogP contribution >= 0.6 is 11.3 Å². The van der Waals surface area contributed by atoms with Gasteiger partial charge in [-0.3, -0.25) is 4.79 Å². The molecule has 0 radical (unpaired) electrons. The van der Waals surface area contributed by atoms with Crippen molar-refractivity contribution in [1.82, 2.24) is 14.6 Å². The Hall–Kier alpha value is -3.60. The molecular formula is C20H13F3N4O3S. The van der Waals surface area contributed by atoms with E-state index in [1.54, 1.807) is 35.7 Å². The predicted molar refractivity (Wildman–Crippen MR) is 107 cm³/mol. The van der Waals surface area contributed by atoms with E-state index in [-0.39, 0.29) is 17.0 Å². The highest BCUT2D eigenvalue weighted by molar-refractivity contribution is 7.13. The molecule has 0 atom stereocenters. The van der Waals surface area contributed by atoms with E-state index < -0.39 is 17.8 Å². The molecule has 1 N–H and O–H groups in total. The monoisotopic (exact) mass is 446 g/mol. The number of hydrogen-bond donors (Lipinski definition) is 1. The number of carbonyl (C=O) groups is 1. The minimum atomic E-state index is -4.68. The van der Waals surface area contributed by atoms with Crippen LogP contribution in [0.5, 0.6) is 11.5 Å². The number of ether oxygens (including phenoxy) is 2. The summed E-state index contributed by atoms with van der Waals surface area (Å²) in [5.74, 6) is 0.353. The lowest BCUT2D eigenvalue weighted by Crippen LogP contribution is -2.17. The summed E-state index contributed by atoms with van der Waals surface area (Å²) in [5.41, 5.74) is -0.732. The van der Waals surface area contributed by atoms with Crippen molar-refractivity contribution < 1.29 is 27.4 Å². The minimum Gasteiger partial charge on any atom is -0.486 e. The summed E-state index contributed by atoms with van der Waals surface area (Å²) < 4.78 is 52.5. The maximum atomic E-state index is 13.6. The predicted octanol–water partition coefficient (Wildman–Crippen LogP) is 4.50. The zero-order valence-corrected chi connectivity index (χ0v) is 16.5. The first kappa shape index (κ1) is 19.4. The number of nitrogens with one attached hydrogen (secondary N) is 1. The molecular weight excluding hydrogens is 433 g/mol. The number of hydrogen-bond acceptors (Lipinski definition) is 6. The molecule has 0 spiro atoms. The van der Waals surface area contributed by atoms with Gasteiger partial charge in [-0.1, -0.05) is 6.07 Å². The van der Waals surface area contributed by atoms with Gasteiger partial charge in [0, 0.05) is 17.8 Å². The molecule has 3 aromatic heterocycles. The van der Waals surface area contributed by atoms with Gasteiger partial charge in [0.2, 0.25) is 0 Å². The van der Waals surface area contributed by atoms with Crippen LogP contribution in [0.2, 0.25) is 0 Å². The first-order chi connectivity index (χ1) is 14.9. The molecule has 31 heavy (non-hydrogen) atoms. The van der Waals surface area contributed by atoms with Gasteiger partial charge >= 0.3 is 6.18 Å². The third-order valence-corrected chi connectivity index (χ3v) is 5.42. The summed E-state index contributed by atoms with van der Waals surface area (Å²) in [6.07, 6.45) is -4.68. The second-order valence-corrected chi connectivity index (χ2v) is 7.56. The number of thiophene rings is 1. The van der Waals surface area contributed by atoms with Crippen molar-refractivity contribution in [3.8, 4) is 22.1 Å². The topological polar surface area (TPSA) is 77.8 Å². The number of anilines is 1. The number of halogens is 3. The Bertz CT molecular complexity index is 1290. The van der Waals surface area contributed by atoms with Crippen LogP contribution in [0.3, 0.4) is 0 Å². The fourth-order valence-corrected chi connectivity index (χ4v) is 3.84. The summed E-state index contributed by atoms with van der Waals surface area (Å²) in [4.78, 5) is 17.5. The van der Waals surface area contributed by atoms with E-state index in [0.717, 1.165) is 6.07 Å². The summed E-state index contributed by atoms with van der Waals surface area (Å²) >= 11 is 1.27. The molecule has 158 valence electrons. The second kappa shape index (κ2) is 7.27. The van der Waals surface area contributed by atoms with Crippen molar-refractivity contribution >= 4 is 28.6 Å². The fraction of sp³-hybridized carbons (Fsp3) is 0.150. The van der Waals surface area contributed by atoms with Crippen LogP contribution in [0.15, 0.2) is 47.8 Å². The quantitative estimate of drug-likeness (QED) is 0.502. The molecule has 0 saturated carbocycles. The smallest absolute Gasteiger partial charge is 0.433 e. The van der Waals surface area contributed by atoms with Crippen LogP contribution < -0.4 is 14.8 Å². The van der Waals surface area contributed by atoms with E-state index >= 15 is 0 Å². The van der Waals surface area contributed by atoms with Crippen LogP contribution in [0.25, 0.3) is 16.2 Å². The maximum Gasteiger partial charge on any atom is 0.433 e. The minimum absolute atomic E-state index is 0.0782. The zero-order chi connectivity index (χ0) is 21.6. The molecule has 1 aliphatic heterocycles. The fourth-order valence-electron chi connectivity index (χ4n) is 3.15. The first-order valence-corrected chi connectivity index (χ1v) is 9.99. The SMILES string of the molecule is O=C(Nc1ccc2c(c1)OCCO2)c1cc2nc(-c3cccs3)cc(C(F)(F)F)n2n1. The molecule has 0 aliphatic carbocycles. The number of nitrogens with zero attached hydrogens (tertiary/aromatic N) is 3. The van der Waals surface area contributed by atoms with E-state index in [2.05, 4.69) is 15.4 Å². The molecule has 0 bridgehead atoms. The second-order valence-electron chi connectivity index (χ2n) is 6.61. The van der Waals surface area contributed by atoms with E-state index in [0.29, 0.717) is 39.8 Å². The van der Waals surface area contributed by atoms with Crippen LogP contribution in [-0.2, 0) is 6.18 Å². The third-order valence-electron chi connectivity index (χ3n) is 4.52. The number of fused-ring (bicyclic) bond motifs is 2.